The van der Waals surface area contributed by atoms with Crippen LogP contribution in [0.25, 0.3) is 0 Å². The molecule has 1 aromatic rings. The van der Waals surface area contributed by atoms with Gasteiger partial charge in [0.15, 0.2) is 0 Å². The highest BCUT2D eigenvalue weighted by Crippen LogP contribution is 2.36. The van der Waals surface area contributed by atoms with Crippen LogP contribution < -0.4 is 5.32 Å². The van der Waals surface area contributed by atoms with Crippen molar-refractivity contribution in [2.24, 2.45) is 5.92 Å². The Morgan fingerprint density at radius 2 is 1.75 bits per heavy atom. The number of carbonyl (C=O) groups excluding carboxylic acids is 3. The molecule has 3 rings (SSSR count). The average molecular weight is 409 g/mol. The number of thiophene rings is 1. The van der Waals surface area contributed by atoms with Gasteiger partial charge in [-0.25, -0.2) is 9.59 Å². The zero-order valence-electron chi connectivity index (χ0n) is 16.7. The van der Waals surface area contributed by atoms with E-state index in [1.807, 2.05) is 0 Å². The summed E-state index contributed by atoms with van der Waals surface area (Å²) in [6.45, 7) is 2.88. The van der Waals surface area contributed by atoms with Gasteiger partial charge in [0.05, 0.1) is 26.3 Å². The van der Waals surface area contributed by atoms with Gasteiger partial charge in [0, 0.05) is 6.04 Å². The fraction of sp³-hybridized carbons (Fsp3) is 0.650. The number of hydrogen-bond acceptors (Lipinski definition) is 7. The molecule has 1 aliphatic carbocycles. The molecular weight excluding hydrogens is 380 g/mol. The monoisotopic (exact) mass is 408 g/mol. The van der Waals surface area contributed by atoms with Crippen molar-refractivity contribution >= 4 is 34.2 Å². The van der Waals surface area contributed by atoms with Crippen LogP contribution in [-0.2, 0) is 14.3 Å². The minimum absolute atomic E-state index is 0.172. The van der Waals surface area contributed by atoms with E-state index >= 15 is 0 Å². The standard InChI is InChI=1S/C20H28N2O5S/c1-12-16(19(24)26-2)18(28-17(12)20(25)27-3)21-15(23)11-22-10-6-8-13-7-4-5-9-14(13)22/h13-14H,4-11H2,1-3H3,(H,21,23)/t13-,14+/m1/s1. The smallest absolute Gasteiger partial charge is 0.348 e. The molecule has 0 radical (unpaired) electrons. The van der Waals surface area contributed by atoms with E-state index in [9.17, 15) is 14.4 Å². The summed E-state index contributed by atoms with van der Waals surface area (Å²) in [5, 5.41) is 3.18. The summed E-state index contributed by atoms with van der Waals surface area (Å²) in [5.41, 5.74) is 0.680. The summed E-state index contributed by atoms with van der Waals surface area (Å²) in [6, 6.07) is 0.476. The van der Waals surface area contributed by atoms with Gasteiger partial charge in [-0.1, -0.05) is 12.8 Å². The van der Waals surface area contributed by atoms with Gasteiger partial charge in [-0.15, -0.1) is 11.3 Å². The summed E-state index contributed by atoms with van der Waals surface area (Å²) < 4.78 is 9.62. The van der Waals surface area contributed by atoms with E-state index in [2.05, 4.69) is 10.2 Å². The molecule has 2 aliphatic rings. The second kappa shape index (κ2) is 9.05. The Hall–Kier alpha value is -1.93. The Morgan fingerprint density at radius 3 is 2.46 bits per heavy atom. The number of likely N-dealkylation sites (tertiary alicyclic amines) is 1. The van der Waals surface area contributed by atoms with Crippen LogP contribution >= 0.6 is 11.3 Å². The molecule has 2 fully saturated rings. The van der Waals surface area contributed by atoms with Crippen molar-refractivity contribution < 1.29 is 23.9 Å². The third-order valence-electron chi connectivity index (χ3n) is 5.86. The maximum Gasteiger partial charge on any atom is 0.348 e. The molecule has 0 aromatic carbocycles. The van der Waals surface area contributed by atoms with Crippen molar-refractivity contribution in [3.05, 3.63) is 16.0 Å². The molecule has 1 saturated carbocycles. The Bertz CT molecular complexity index is 758. The van der Waals surface area contributed by atoms with Crippen molar-refractivity contribution in [2.45, 2.75) is 51.5 Å². The van der Waals surface area contributed by atoms with E-state index in [0.717, 1.165) is 30.7 Å². The van der Waals surface area contributed by atoms with Crippen molar-refractivity contribution in [1.82, 2.24) is 4.90 Å². The normalized spacial score (nSPS) is 22.2. The molecule has 0 unspecified atom stereocenters. The Kier molecular flexibility index (Phi) is 6.72. The minimum atomic E-state index is -0.579. The predicted molar refractivity (Wildman–Crippen MR) is 107 cm³/mol. The van der Waals surface area contributed by atoms with Gasteiger partial charge in [-0.2, -0.15) is 0 Å². The van der Waals surface area contributed by atoms with Crippen LogP contribution in [0, 0.1) is 12.8 Å². The van der Waals surface area contributed by atoms with Crippen LogP contribution in [0.4, 0.5) is 5.00 Å². The molecule has 154 valence electrons. The first-order valence-corrected chi connectivity index (χ1v) is 10.6. The Morgan fingerprint density at radius 1 is 1.07 bits per heavy atom. The number of nitrogens with one attached hydrogen (secondary N) is 1. The lowest BCUT2D eigenvalue weighted by Gasteiger charge is -2.43. The highest BCUT2D eigenvalue weighted by Gasteiger charge is 2.34. The van der Waals surface area contributed by atoms with E-state index in [4.69, 9.17) is 9.47 Å². The van der Waals surface area contributed by atoms with Crippen LogP contribution in [0.15, 0.2) is 0 Å². The number of ether oxygens (including phenoxy) is 2. The van der Waals surface area contributed by atoms with Crippen LogP contribution in [0.3, 0.4) is 0 Å². The number of methoxy groups -OCH3 is 2. The van der Waals surface area contributed by atoms with Gasteiger partial charge in [-0.3, -0.25) is 9.69 Å². The third-order valence-corrected chi connectivity index (χ3v) is 7.05. The van der Waals surface area contributed by atoms with Gasteiger partial charge >= 0.3 is 11.9 Å². The fourth-order valence-corrected chi connectivity index (χ4v) is 5.64. The van der Waals surface area contributed by atoms with Crippen LogP contribution in [0.5, 0.6) is 0 Å². The molecular formula is C20H28N2O5S. The fourth-order valence-electron chi connectivity index (χ4n) is 4.51. The quantitative estimate of drug-likeness (QED) is 0.753. The number of fused-ring (bicyclic) bond motifs is 1. The second-order valence-electron chi connectivity index (χ2n) is 7.52. The first-order chi connectivity index (χ1) is 13.5. The average Bonchev–Trinajstić information content (AvgIpc) is 3.02. The first kappa shape index (κ1) is 20.8. The zero-order chi connectivity index (χ0) is 20.3. The molecule has 1 amide bonds. The molecule has 1 aromatic heterocycles. The highest BCUT2D eigenvalue weighted by atomic mass is 32.1. The summed E-state index contributed by atoms with van der Waals surface area (Å²) in [5.74, 6) is -0.594. The molecule has 1 aliphatic heterocycles. The van der Waals surface area contributed by atoms with Crippen LogP contribution in [0.2, 0.25) is 0 Å². The number of rotatable bonds is 5. The number of carbonyl (C=O) groups is 3. The molecule has 7 nitrogen and oxygen atoms in total. The summed E-state index contributed by atoms with van der Waals surface area (Å²) in [4.78, 5) is 39.5. The topological polar surface area (TPSA) is 84.9 Å². The molecule has 28 heavy (non-hydrogen) atoms. The minimum Gasteiger partial charge on any atom is -0.465 e. The largest absolute Gasteiger partial charge is 0.465 e. The van der Waals surface area contributed by atoms with Gasteiger partial charge in [0.25, 0.3) is 0 Å². The molecule has 2 atom stereocenters. The summed E-state index contributed by atoms with van der Waals surface area (Å²) >= 11 is 1.05. The SMILES string of the molecule is COC(=O)c1sc(NC(=O)CN2CCC[C@H]3CCCC[C@@H]32)c(C(=O)OC)c1C. The van der Waals surface area contributed by atoms with Crippen molar-refractivity contribution in [2.75, 3.05) is 32.6 Å². The summed E-state index contributed by atoms with van der Waals surface area (Å²) in [7, 11) is 2.56. The number of anilines is 1. The van der Waals surface area contributed by atoms with E-state index in [0.29, 0.717) is 33.9 Å². The van der Waals surface area contributed by atoms with Gasteiger partial charge in [0.1, 0.15) is 9.88 Å². The lowest BCUT2D eigenvalue weighted by Crippen LogP contribution is -2.49. The number of esters is 2. The molecule has 0 spiro atoms. The second-order valence-corrected chi connectivity index (χ2v) is 8.54. The molecule has 1 saturated heterocycles. The van der Waals surface area contributed by atoms with Gasteiger partial charge in [0.2, 0.25) is 5.91 Å². The van der Waals surface area contributed by atoms with Crippen LogP contribution in [0.1, 0.15) is 64.1 Å². The lowest BCUT2D eigenvalue weighted by molar-refractivity contribution is -0.118. The molecule has 0 bridgehead atoms. The number of piperidine rings is 1. The first-order valence-electron chi connectivity index (χ1n) is 9.80. The van der Waals surface area contributed by atoms with Gasteiger partial charge < -0.3 is 14.8 Å². The zero-order valence-corrected chi connectivity index (χ0v) is 17.5. The van der Waals surface area contributed by atoms with E-state index in [1.165, 1.54) is 39.9 Å². The number of nitrogens with zero attached hydrogens (tertiary/aromatic N) is 1. The number of hydrogen-bond donors (Lipinski definition) is 1. The molecule has 1 N–H and O–H groups in total. The van der Waals surface area contributed by atoms with E-state index in [1.54, 1.807) is 6.92 Å². The predicted octanol–water partition coefficient (Wildman–Crippen LogP) is 3.22. The van der Waals surface area contributed by atoms with E-state index in [-0.39, 0.29) is 11.5 Å². The van der Waals surface area contributed by atoms with Crippen molar-refractivity contribution in [3.63, 3.8) is 0 Å². The lowest BCUT2D eigenvalue weighted by atomic mass is 9.78. The third kappa shape index (κ3) is 4.22. The molecule has 8 heteroatoms. The molecule has 2 heterocycles. The maximum atomic E-state index is 12.8. The van der Waals surface area contributed by atoms with Crippen molar-refractivity contribution in [1.29, 1.82) is 0 Å². The number of amides is 1. The summed E-state index contributed by atoms with van der Waals surface area (Å²) in [6.07, 6.45) is 7.28. The Balaban J connectivity index is 1.76. The maximum absolute atomic E-state index is 12.8. The Labute approximate surface area is 169 Å². The van der Waals surface area contributed by atoms with Crippen LogP contribution in [-0.4, -0.2) is 56.1 Å². The highest BCUT2D eigenvalue weighted by molar-refractivity contribution is 7.18. The van der Waals surface area contributed by atoms with Crippen molar-refractivity contribution in [3.8, 4) is 0 Å². The van der Waals surface area contributed by atoms with Gasteiger partial charge in [-0.05, 0) is 50.6 Å². The van der Waals surface area contributed by atoms with E-state index < -0.39 is 11.9 Å².